The van der Waals surface area contributed by atoms with E-state index in [1.165, 1.54) is 4.88 Å². The molecule has 0 aromatic carbocycles. The molecule has 0 saturated carbocycles. The predicted octanol–water partition coefficient (Wildman–Crippen LogP) is 2.93. The van der Waals surface area contributed by atoms with Gasteiger partial charge in [0.1, 0.15) is 5.82 Å². The number of anilines is 2. The van der Waals surface area contributed by atoms with Gasteiger partial charge in [-0.15, -0.1) is 11.3 Å². The lowest BCUT2D eigenvalue weighted by Crippen LogP contribution is -2.10. The Balaban J connectivity index is 1.93. The van der Waals surface area contributed by atoms with E-state index >= 15 is 0 Å². The Hall–Kier alpha value is -1.62. The summed E-state index contributed by atoms with van der Waals surface area (Å²) in [6.45, 7) is 5.78. The number of nitrogens with one attached hydrogen (secondary N) is 2. The van der Waals surface area contributed by atoms with Gasteiger partial charge in [0, 0.05) is 29.7 Å². The van der Waals surface area contributed by atoms with E-state index in [1.807, 2.05) is 20.0 Å². The molecular formula is C13H18N4S. The van der Waals surface area contributed by atoms with Crippen molar-refractivity contribution in [1.29, 1.82) is 0 Å². The Morgan fingerprint density at radius 3 is 2.94 bits per heavy atom. The number of aromatic nitrogens is 2. The molecule has 4 nitrogen and oxygen atoms in total. The fourth-order valence-corrected chi connectivity index (χ4v) is 2.33. The van der Waals surface area contributed by atoms with Crippen molar-refractivity contribution < 1.29 is 0 Å². The first-order chi connectivity index (χ1) is 8.79. The second kappa shape index (κ2) is 6.35. The summed E-state index contributed by atoms with van der Waals surface area (Å²) in [4.78, 5) is 10.1. The number of nitrogens with zero attached hydrogens (tertiary/aromatic N) is 2. The van der Waals surface area contributed by atoms with Crippen LogP contribution in [0.15, 0.2) is 23.7 Å². The topological polar surface area (TPSA) is 49.8 Å². The molecule has 0 bridgehead atoms. The number of hydrogen-bond donors (Lipinski definition) is 2. The van der Waals surface area contributed by atoms with Gasteiger partial charge >= 0.3 is 0 Å². The van der Waals surface area contributed by atoms with Gasteiger partial charge in [-0.1, -0.05) is 6.07 Å². The highest BCUT2D eigenvalue weighted by molar-refractivity contribution is 7.09. The summed E-state index contributed by atoms with van der Waals surface area (Å²) in [6.07, 6.45) is 2.87. The van der Waals surface area contributed by atoms with Crippen LogP contribution >= 0.6 is 11.3 Å². The van der Waals surface area contributed by atoms with Crippen molar-refractivity contribution in [2.45, 2.75) is 20.3 Å². The number of aryl methyl sites for hydroxylation is 1. The van der Waals surface area contributed by atoms with E-state index in [0.717, 1.165) is 30.9 Å². The summed E-state index contributed by atoms with van der Waals surface area (Å²) in [6, 6.07) is 4.24. The molecule has 0 aliphatic heterocycles. The lowest BCUT2D eigenvalue weighted by Gasteiger charge is -2.09. The molecule has 2 rings (SSSR count). The van der Waals surface area contributed by atoms with Gasteiger partial charge in [0.25, 0.3) is 0 Å². The van der Waals surface area contributed by atoms with Crippen molar-refractivity contribution in [3.8, 4) is 0 Å². The van der Waals surface area contributed by atoms with Crippen LogP contribution in [0.1, 0.15) is 17.4 Å². The summed E-state index contributed by atoms with van der Waals surface area (Å²) < 4.78 is 0. The number of thiophene rings is 1. The highest BCUT2D eigenvalue weighted by Gasteiger charge is 2.02. The van der Waals surface area contributed by atoms with Gasteiger partial charge in [0.15, 0.2) is 0 Å². The first-order valence-corrected chi connectivity index (χ1v) is 7.01. The van der Waals surface area contributed by atoms with E-state index in [-0.39, 0.29) is 0 Å². The zero-order valence-electron chi connectivity index (χ0n) is 10.7. The van der Waals surface area contributed by atoms with E-state index in [2.05, 4.69) is 38.1 Å². The second-order valence-corrected chi connectivity index (χ2v) is 5.04. The van der Waals surface area contributed by atoms with Crippen LogP contribution in [0.4, 0.5) is 11.8 Å². The Labute approximate surface area is 111 Å². The van der Waals surface area contributed by atoms with Gasteiger partial charge in [-0.25, -0.2) is 4.98 Å². The molecular weight excluding hydrogens is 244 g/mol. The molecule has 2 aromatic rings. The summed E-state index contributed by atoms with van der Waals surface area (Å²) in [5, 5.41) is 8.59. The summed E-state index contributed by atoms with van der Waals surface area (Å²) in [5.74, 6) is 1.60. The molecule has 0 amide bonds. The lowest BCUT2D eigenvalue weighted by atomic mass is 10.3. The van der Waals surface area contributed by atoms with Crippen LogP contribution in [-0.4, -0.2) is 23.1 Å². The molecule has 18 heavy (non-hydrogen) atoms. The molecule has 2 heterocycles. The first-order valence-electron chi connectivity index (χ1n) is 6.13. The Morgan fingerprint density at radius 2 is 2.22 bits per heavy atom. The average Bonchev–Trinajstić information content (AvgIpc) is 2.86. The maximum absolute atomic E-state index is 4.45. The largest absolute Gasteiger partial charge is 0.369 e. The van der Waals surface area contributed by atoms with Gasteiger partial charge in [-0.2, -0.15) is 4.98 Å². The second-order valence-electron chi connectivity index (χ2n) is 4.01. The fourth-order valence-electron chi connectivity index (χ4n) is 1.62. The molecule has 0 atom stereocenters. The maximum Gasteiger partial charge on any atom is 0.224 e. The van der Waals surface area contributed by atoms with E-state index in [1.54, 1.807) is 11.3 Å². The third-order valence-corrected chi connectivity index (χ3v) is 3.49. The van der Waals surface area contributed by atoms with Crippen molar-refractivity contribution in [2.75, 3.05) is 23.7 Å². The minimum Gasteiger partial charge on any atom is -0.369 e. The minimum absolute atomic E-state index is 0.682. The van der Waals surface area contributed by atoms with Gasteiger partial charge in [0.2, 0.25) is 5.95 Å². The molecule has 5 heteroatoms. The molecule has 0 aliphatic rings. The van der Waals surface area contributed by atoms with Gasteiger partial charge < -0.3 is 10.6 Å². The number of hydrogen-bond acceptors (Lipinski definition) is 5. The van der Waals surface area contributed by atoms with Crippen LogP contribution in [0, 0.1) is 6.92 Å². The molecule has 2 N–H and O–H groups in total. The normalized spacial score (nSPS) is 10.3. The van der Waals surface area contributed by atoms with Crippen molar-refractivity contribution in [2.24, 2.45) is 0 Å². The Bertz CT molecular complexity index is 482. The van der Waals surface area contributed by atoms with Gasteiger partial charge in [-0.3, -0.25) is 0 Å². The van der Waals surface area contributed by atoms with Crippen molar-refractivity contribution >= 4 is 23.1 Å². The smallest absolute Gasteiger partial charge is 0.224 e. The summed E-state index contributed by atoms with van der Waals surface area (Å²) in [7, 11) is 0. The first kappa shape index (κ1) is 12.8. The van der Waals surface area contributed by atoms with Crippen LogP contribution in [0.2, 0.25) is 0 Å². The predicted molar refractivity (Wildman–Crippen MR) is 77.4 cm³/mol. The van der Waals surface area contributed by atoms with Crippen LogP contribution in [0.3, 0.4) is 0 Å². The molecule has 0 saturated heterocycles. The zero-order valence-corrected chi connectivity index (χ0v) is 11.5. The van der Waals surface area contributed by atoms with Gasteiger partial charge in [-0.05, 0) is 31.7 Å². The highest BCUT2D eigenvalue weighted by atomic mass is 32.1. The standard InChI is InChI=1S/C13H18N4S/c1-3-14-13-16-9-10(2)12(17-13)15-7-6-11-5-4-8-18-11/h4-5,8-9H,3,6-7H2,1-2H3,(H2,14,15,16,17). The third kappa shape index (κ3) is 3.43. The van der Waals surface area contributed by atoms with Crippen LogP contribution in [0.5, 0.6) is 0 Å². The minimum atomic E-state index is 0.682. The maximum atomic E-state index is 4.45. The molecule has 0 fully saturated rings. The SMILES string of the molecule is CCNc1ncc(C)c(NCCc2cccs2)n1. The Kier molecular flexibility index (Phi) is 4.52. The summed E-state index contributed by atoms with van der Waals surface area (Å²) >= 11 is 1.79. The van der Waals surface area contributed by atoms with E-state index in [0.29, 0.717) is 5.95 Å². The summed E-state index contributed by atoms with van der Waals surface area (Å²) in [5.41, 5.74) is 1.07. The van der Waals surface area contributed by atoms with E-state index in [9.17, 15) is 0 Å². The molecule has 0 radical (unpaired) electrons. The van der Waals surface area contributed by atoms with Crippen LogP contribution in [0.25, 0.3) is 0 Å². The van der Waals surface area contributed by atoms with Gasteiger partial charge in [0.05, 0.1) is 0 Å². The zero-order chi connectivity index (χ0) is 12.8. The number of rotatable bonds is 6. The Morgan fingerprint density at radius 1 is 1.33 bits per heavy atom. The average molecular weight is 262 g/mol. The van der Waals surface area contributed by atoms with E-state index < -0.39 is 0 Å². The lowest BCUT2D eigenvalue weighted by molar-refractivity contribution is 1.00. The third-order valence-electron chi connectivity index (χ3n) is 2.55. The van der Waals surface area contributed by atoms with Crippen molar-refractivity contribution in [3.63, 3.8) is 0 Å². The van der Waals surface area contributed by atoms with Crippen LogP contribution in [-0.2, 0) is 6.42 Å². The molecule has 2 aromatic heterocycles. The molecule has 96 valence electrons. The van der Waals surface area contributed by atoms with Crippen LogP contribution < -0.4 is 10.6 Å². The van der Waals surface area contributed by atoms with E-state index in [4.69, 9.17) is 0 Å². The van der Waals surface area contributed by atoms with Crippen molar-refractivity contribution in [1.82, 2.24) is 9.97 Å². The molecule has 0 aliphatic carbocycles. The quantitative estimate of drug-likeness (QED) is 0.840. The molecule has 0 spiro atoms. The van der Waals surface area contributed by atoms with Crippen molar-refractivity contribution in [3.05, 3.63) is 34.2 Å². The molecule has 0 unspecified atom stereocenters. The fraction of sp³-hybridized carbons (Fsp3) is 0.385. The highest BCUT2D eigenvalue weighted by Crippen LogP contribution is 2.13. The monoisotopic (exact) mass is 262 g/mol.